The third kappa shape index (κ3) is 7.33. The minimum absolute atomic E-state index is 0.0192. The van der Waals surface area contributed by atoms with Crippen LogP contribution in [0, 0.1) is 13.8 Å². The summed E-state index contributed by atoms with van der Waals surface area (Å²) in [4.78, 5) is 8.91. The first kappa shape index (κ1) is 20.8. The second-order valence-corrected chi connectivity index (χ2v) is 6.72. The van der Waals surface area contributed by atoms with Crippen molar-refractivity contribution in [1.29, 1.82) is 0 Å². The van der Waals surface area contributed by atoms with Gasteiger partial charge in [-0.05, 0) is 52.2 Å². The van der Waals surface area contributed by atoms with Crippen molar-refractivity contribution in [3.63, 3.8) is 0 Å². The fourth-order valence-corrected chi connectivity index (χ4v) is 2.76. The molecule has 0 spiro atoms. The molecule has 2 rings (SSSR count). The summed E-state index contributed by atoms with van der Waals surface area (Å²) < 4.78 is 8.18. The van der Waals surface area contributed by atoms with Gasteiger partial charge in [0, 0.05) is 32.0 Å². The molecule has 1 unspecified atom stereocenters. The van der Waals surface area contributed by atoms with Gasteiger partial charge in [-0.2, -0.15) is 0 Å². The number of aliphatic imine (C=N–C) groups is 1. The highest BCUT2D eigenvalue weighted by Gasteiger charge is 2.06. The highest BCUT2D eigenvalue weighted by Crippen LogP contribution is 2.17. The Morgan fingerprint density at radius 2 is 2.04 bits per heavy atom. The van der Waals surface area contributed by atoms with Gasteiger partial charge in [0.2, 0.25) is 0 Å². The Labute approximate surface area is 163 Å². The number of ether oxygens (including phenoxy) is 1. The van der Waals surface area contributed by atoms with Crippen molar-refractivity contribution in [2.24, 2.45) is 4.99 Å². The van der Waals surface area contributed by atoms with Crippen molar-refractivity contribution in [2.45, 2.75) is 53.2 Å². The summed E-state index contributed by atoms with van der Waals surface area (Å²) in [5, 5.41) is 6.70. The monoisotopic (exact) mass is 371 g/mol. The highest BCUT2D eigenvalue weighted by molar-refractivity contribution is 5.79. The zero-order valence-electron chi connectivity index (χ0n) is 17.0. The normalized spacial score (nSPS) is 12.7. The van der Waals surface area contributed by atoms with Gasteiger partial charge in [-0.3, -0.25) is 0 Å². The third-order valence-electron chi connectivity index (χ3n) is 4.31. The maximum Gasteiger partial charge on any atom is 0.191 e. The number of para-hydroxylation sites is 1. The quantitative estimate of drug-likeness (QED) is 0.382. The molecule has 1 aromatic heterocycles. The SMILES string of the molecule is CCNC(=NCC(C)Oc1ccccc1C)NCCCCn1ccnc1C. The standard InChI is InChI=1S/C21H33N5O/c1-5-22-21(24-12-8-9-14-26-15-13-23-19(26)4)25-16-18(3)27-20-11-7-6-10-17(20)2/h6-7,10-11,13,15,18H,5,8-9,12,14,16H2,1-4H3,(H2,22,24,25). The van der Waals surface area contributed by atoms with Crippen LogP contribution < -0.4 is 15.4 Å². The minimum Gasteiger partial charge on any atom is -0.489 e. The van der Waals surface area contributed by atoms with Gasteiger partial charge in [0.15, 0.2) is 5.96 Å². The van der Waals surface area contributed by atoms with Crippen molar-refractivity contribution in [1.82, 2.24) is 20.2 Å². The fraction of sp³-hybridized carbons (Fsp3) is 0.524. The van der Waals surface area contributed by atoms with Crippen molar-refractivity contribution in [3.8, 4) is 5.75 Å². The largest absolute Gasteiger partial charge is 0.489 e. The molecule has 0 bridgehead atoms. The number of unbranched alkanes of at least 4 members (excludes halogenated alkanes) is 1. The molecular weight excluding hydrogens is 338 g/mol. The number of nitrogens with one attached hydrogen (secondary N) is 2. The van der Waals surface area contributed by atoms with Gasteiger partial charge in [-0.15, -0.1) is 0 Å². The van der Waals surface area contributed by atoms with E-state index >= 15 is 0 Å². The average molecular weight is 372 g/mol. The van der Waals surface area contributed by atoms with Gasteiger partial charge in [0.1, 0.15) is 17.7 Å². The Kier molecular flexibility index (Phi) is 8.68. The van der Waals surface area contributed by atoms with E-state index in [4.69, 9.17) is 4.74 Å². The minimum atomic E-state index is 0.0192. The molecule has 0 amide bonds. The molecule has 2 N–H and O–H groups in total. The number of guanidine groups is 1. The van der Waals surface area contributed by atoms with Crippen LogP contribution in [0.1, 0.15) is 38.1 Å². The lowest BCUT2D eigenvalue weighted by Crippen LogP contribution is -2.38. The summed E-state index contributed by atoms with van der Waals surface area (Å²) in [5.74, 6) is 2.84. The summed E-state index contributed by atoms with van der Waals surface area (Å²) >= 11 is 0. The molecule has 0 radical (unpaired) electrons. The first-order valence-corrected chi connectivity index (χ1v) is 9.82. The number of rotatable bonds is 10. The Morgan fingerprint density at radius 3 is 2.74 bits per heavy atom. The summed E-state index contributed by atoms with van der Waals surface area (Å²) in [6.07, 6.45) is 6.09. The van der Waals surface area contributed by atoms with Crippen LogP contribution in [-0.4, -0.2) is 41.2 Å². The first-order chi connectivity index (χ1) is 13.1. The molecule has 6 nitrogen and oxygen atoms in total. The van der Waals surface area contributed by atoms with Crippen LogP contribution in [0.4, 0.5) is 0 Å². The smallest absolute Gasteiger partial charge is 0.191 e. The molecule has 0 aliphatic carbocycles. The van der Waals surface area contributed by atoms with E-state index in [0.29, 0.717) is 6.54 Å². The number of nitrogens with zero attached hydrogens (tertiary/aromatic N) is 3. The predicted octanol–water partition coefficient (Wildman–Crippen LogP) is 3.30. The zero-order chi connectivity index (χ0) is 19.5. The van der Waals surface area contributed by atoms with Crippen molar-refractivity contribution in [2.75, 3.05) is 19.6 Å². The molecule has 0 fully saturated rings. The lowest BCUT2D eigenvalue weighted by molar-refractivity contribution is 0.228. The second kappa shape index (κ2) is 11.3. The van der Waals surface area contributed by atoms with Crippen LogP contribution in [-0.2, 0) is 6.54 Å². The van der Waals surface area contributed by atoms with Crippen LogP contribution in [0.2, 0.25) is 0 Å². The van der Waals surface area contributed by atoms with E-state index in [1.165, 1.54) is 0 Å². The first-order valence-electron chi connectivity index (χ1n) is 9.82. The van der Waals surface area contributed by atoms with Crippen LogP contribution >= 0.6 is 0 Å². The third-order valence-corrected chi connectivity index (χ3v) is 4.31. The second-order valence-electron chi connectivity index (χ2n) is 6.72. The van der Waals surface area contributed by atoms with Gasteiger partial charge in [0.25, 0.3) is 0 Å². The van der Waals surface area contributed by atoms with E-state index < -0.39 is 0 Å². The highest BCUT2D eigenvalue weighted by atomic mass is 16.5. The molecule has 6 heteroatoms. The summed E-state index contributed by atoms with van der Waals surface area (Å²) in [6.45, 7) is 11.6. The van der Waals surface area contributed by atoms with Gasteiger partial charge >= 0.3 is 0 Å². The van der Waals surface area contributed by atoms with Crippen molar-refractivity contribution >= 4 is 5.96 Å². The summed E-state index contributed by atoms with van der Waals surface area (Å²) in [5.41, 5.74) is 1.14. The number of hydrogen-bond acceptors (Lipinski definition) is 3. The molecule has 0 saturated heterocycles. The van der Waals surface area contributed by atoms with E-state index in [-0.39, 0.29) is 6.10 Å². The lowest BCUT2D eigenvalue weighted by Gasteiger charge is -2.16. The molecular formula is C21H33N5O. The van der Waals surface area contributed by atoms with Crippen LogP contribution in [0.15, 0.2) is 41.7 Å². The topological polar surface area (TPSA) is 63.5 Å². The Hall–Kier alpha value is -2.50. The van der Waals surface area contributed by atoms with E-state index in [1.807, 2.05) is 44.4 Å². The van der Waals surface area contributed by atoms with E-state index in [0.717, 1.165) is 55.6 Å². The van der Waals surface area contributed by atoms with Crippen LogP contribution in [0.3, 0.4) is 0 Å². The van der Waals surface area contributed by atoms with E-state index in [2.05, 4.69) is 45.1 Å². The number of benzene rings is 1. The maximum atomic E-state index is 6.00. The van der Waals surface area contributed by atoms with E-state index in [1.54, 1.807) is 0 Å². The fourth-order valence-electron chi connectivity index (χ4n) is 2.76. The van der Waals surface area contributed by atoms with Gasteiger partial charge in [-0.1, -0.05) is 18.2 Å². The predicted molar refractivity (Wildman–Crippen MR) is 111 cm³/mol. The molecule has 1 aromatic carbocycles. The summed E-state index contributed by atoms with van der Waals surface area (Å²) in [6, 6.07) is 8.07. The molecule has 1 atom stereocenters. The van der Waals surface area contributed by atoms with Crippen molar-refractivity contribution < 1.29 is 4.74 Å². The molecule has 1 heterocycles. The molecule has 0 saturated carbocycles. The number of hydrogen-bond donors (Lipinski definition) is 2. The molecule has 0 aliphatic rings. The number of aromatic nitrogens is 2. The van der Waals surface area contributed by atoms with Crippen LogP contribution in [0.25, 0.3) is 0 Å². The molecule has 27 heavy (non-hydrogen) atoms. The van der Waals surface area contributed by atoms with Gasteiger partial charge in [-0.25, -0.2) is 9.98 Å². The van der Waals surface area contributed by atoms with Crippen LogP contribution in [0.5, 0.6) is 5.75 Å². The number of imidazole rings is 1. The molecule has 2 aromatic rings. The van der Waals surface area contributed by atoms with Crippen molar-refractivity contribution in [3.05, 3.63) is 48.0 Å². The van der Waals surface area contributed by atoms with Gasteiger partial charge < -0.3 is 19.9 Å². The number of aryl methyl sites for hydroxylation is 3. The zero-order valence-corrected chi connectivity index (χ0v) is 17.0. The summed E-state index contributed by atoms with van der Waals surface area (Å²) in [7, 11) is 0. The molecule has 0 aliphatic heterocycles. The Bertz CT molecular complexity index is 710. The van der Waals surface area contributed by atoms with Gasteiger partial charge in [0.05, 0.1) is 6.54 Å². The molecule has 148 valence electrons. The average Bonchev–Trinajstić information content (AvgIpc) is 3.06. The van der Waals surface area contributed by atoms with E-state index in [9.17, 15) is 0 Å². The lowest BCUT2D eigenvalue weighted by atomic mass is 10.2. The maximum absolute atomic E-state index is 6.00. The Balaban J connectivity index is 1.72. The Morgan fingerprint density at radius 1 is 1.22 bits per heavy atom.